The highest BCUT2D eigenvalue weighted by Crippen LogP contribution is 2.32. The van der Waals surface area contributed by atoms with E-state index >= 15 is 0 Å². The van der Waals surface area contributed by atoms with Gasteiger partial charge in [0.1, 0.15) is 5.72 Å². The number of hydrogen-bond acceptors (Lipinski definition) is 3. The molecule has 15 heavy (non-hydrogen) atoms. The first kappa shape index (κ1) is 13.6. The highest BCUT2D eigenvalue weighted by atomic mass is 35.5. The van der Waals surface area contributed by atoms with E-state index in [1.54, 1.807) is 0 Å². The molecule has 2 aliphatic rings. The van der Waals surface area contributed by atoms with Crippen molar-refractivity contribution in [2.45, 2.75) is 32.4 Å². The van der Waals surface area contributed by atoms with E-state index in [9.17, 15) is 0 Å². The number of hydrogen-bond donors (Lipinski definition) is 1. The summed E-state index contributed by atoms with van der Waals surface area (Å²) in [6.45, 7) is 6.47. The van der Waals surface area contributed by atoms with Gasteiger partial charge < -0.3 is 4.74 Å². The molecule has 2 fully saturated rings. The lowest BCUT2D eigenvalue weighted by molar-refractivity contribution is -0.111. The molecule has 1 N–H and O–H groups in total. The summed E-state index contributed by atoms with van der Waals surface area (Å²) in [4.78, 5) is 0. The summed E-state index contributed by atoms with van der Waals surface area (Å²) >= 11 is 2.09. The van der Waals surface area contributed by atoms with Crippen LogP contribution in [0.2, 0.25) is 0 Å². The van der Waals surface area contributed by atoms with Gasteiger partial charge in [0.25, 0.3) is 0 Å². The molecule has 90 valence electrons. The molecule has 3 atom stereocenters. The van der Waals surface area contributed by atoms with Gasteiger partial charge in [0.2, 0.25) is 0 Å². The normalized spacial score (nSPS) is 41.2. The van der Waals surface area contributed by atoms with E-state index in [-0.39, 0.29) is 18.1 Å². The zero-order chi connectivity index (χ0) is 10.0. The predicted octanol–water partition coefficient (Wildman–Crippen LogP) is 2.52. The summed E-state index contributed by atoms with van der Waals surface area (Å²) in [5.41, 5.74) is -0.0396. The Hall–Kier alpha value is 0.560. The maximum absolute atomic E-state index is 5.92. The Morgan fingerprint density at radius 2 is 2.33 bits per heavy atom. The second kappa shape index (κ2) is 5.76. The smallest absolute Gasteiger partial charge is 0.116 e. The van der Waals surface area contributed by atoms with Crippen LogP contribution in [0.5, 0.6) is 0 Å². The fourth-order valence-corrected chi connectivity index (χ4v) is 3.54. The summed E-state index contributed by atoms with van der Waals surface area (Å²) < 4.78 is 5.92. The fraction of sp³-hybridized carbons (Fsp3) is 1.00. The Morgan fingerprint density at radius 3 is 2.87 bits per heavy atom. The minimum atomic E-state index is -0.0396. The average molecular weight is 252 g/mol. The minimum absolute atomic E-state index is 0. The molecule has 0 aromatic rings. The molecule has 4 heteroatoms. The lowest BCUT2D eigenvalue weighted by Gasteiger charge is -2.39. The number of halogens is 1. The Kier molecular flexibility index (Phi) is 5.23. The van der Waals surface area contributed by atoms with Crippen LogP contribution in [0.25, 0.3) is 0 Å². The molecule has 0 aromatic heterocycles. The Labute approximate surface area is 103 Å². The van der Waals surface area contributed by atoms with E-state index in [0.717, 1.165) is 19.1 Å². The second-order valence-electron chi connectivity index (χ2n) is 4.96. The first-order chi connectivity index (χ1) is 6.68. The van der Waals surface area contributed by atoms with Crippen molar-refractivity contribution in [3.63, 3.8) is 0 Å². The molecule has 3 unspecified atom stereocenters. The highest BCUT2D eigenvalue weighted by molar-refractivity contribution is 7.99. The molecule has 2 rings (SSSR count). The van der Waals surface area contributed by atoms with Crippen LogP contribution in [0.15, 0.2) is 0 Å². The molecule has 2 saturated heterocycles. The van der Waals surface area contributed by atoms with E-state index < -0.39 is 0 Å². The van der Waals surface area contributed by atoms with E-state index in [4.69, 9.17) is 4.74 Å². The molecule has 2 nitrogen and oxygen atoms in total. The number of ether oxygens (including phenoxy) is 1. The molecule has 0 amide bonds. The maximum atomic E-state index is 5.92. The molecular weight excluding hydrogens is 230 g/mol. The van der Waals surface area contributed by atoms with Crippen LogP contribution in [-0.2, 0) is 4.74 Å². The first-order valence-corrected chi connectivity index (χ1v) is 6.80. The van der Waals surface area contributed by atoms with Gasteiger partial charge in [0.15, 0.2) is 0 Å². The van der Waals surface area contributed by atoms with Crippen LogP contribution in [0, 0.1) is 11.8 Å². The molecule has 0 aromatic carbocycles. The Bertz CT molecular complexity index is 189. The van der Waals surface area contributed by atoms with Crippen LogP contribution in [0.1, 0.15) is 26.7 Å². The van der Waals surface area contributed by atoms with Gasteiger partial charge in [-0.1, -0.05) is 6.92 Å². The second-order valence-corrected chi connectivity index (χ2v) is 6.11. The van der Waals surface area contributed by atoms with Crippen molar-refractivity contribution in [3.8, 4) is 0 Å². The fourth-order valence-electron chi connectivity index (χ4n) is 2.25. The van der Waals surface area contributed by atoms with Crippen molar-refractivity contribution in [1.29, 1.82) is 0 Å². The summed E-state index contributed by atoms with van der Waals surface area (Å²) in [5, 5.41) is 3.54. The minimum Gasteiger partial charge on any atom is -0.361 e. The lowest BCUT2D eigenvalue weighted by atomic mass is 9.95. The van der Waals surface area contributed by atoms with Crippen LogP contribution in [0.3, 0.4) is 0 Å². The van der Waals surface area contributed by atoms with Gasteiger partial charge in [-0.3, -0.25) is 5.32 Å². The Balaban J connectivity index is 0.00000112. The standard InChI is InChI=1S/C11H21NOS.ClH/c1-9-6-12-11(2,13-7-9)5-10-3-4-14-8-10;/h9-10,12H,3-8H2,1-2H3;1H. The third kappa shape index (κ3) is 3.81. The topological polar surface area (TPSA) is 21.3 Å². The van der Waals surface area contributed by atoms with Crippen molar-refractivity contribution in [1.82, 2.24) is 5.32 Å². The molecule has 0 spiro atoms. The van der Waals surface area contributed by atoms with Gasteiger partial charge in [0.05, 0.1) is 6.61 Å². The molecule has 2 aliphatic heterocycles. The number of thioether (sulfide) groups is 1. The van der Waals surface area contributed by atoms with Crippen molar-refractivity contribution in [2.75, 3.05) is 24.7 Å². The molecule has 0 aliphatic carbocycles. The predicted molar refractivity (Wildman–Crippen MR) is 68.8 cm³/mol. The third-order valence-electron chi connectivity index (χ3n) is 3.21. The summed E-state index contributed by atoms with van der Waals surface area (Å²) in [5.74, 6) is 4.21. The zero-order valence-corrected chi connectivity index (χ0v) is 11.3. The third-order valence-corrected chi connectivity index (χ3v) is 4.44. The SMILES string of the molecule is CC1CNC(C)(CC2CCSC2)OC1.Cl. The molecule has 0 bridgehead atoms. The summed E-state index contributed by atoms with van der Waals surface area (Å²) in [7, 11) is 0. The van der Waals surface area contributed by atoms with E-state index in [1.165, 1.54) is 24.3 Å². The molecule has 2 heterocycles. The molecule has 0 radical (unpaired) electrons. The van der Waals surface area contributed by atoms with Gasteiger partial charge in [-0.2, -0.15) is 11.8 Å². The van der Waals surface area contributed by atoms with E-state index in [1.807, 2.05) is 0 Å². The van der Waals surface area contributed by atoms with Gasteiger partial charge in [-0.05, 0) is 43.1 Å². The van der Waals surface area contributed by atoms with Crippen molar-refractivity contribution in [2.24, 2.45) is 11.8 Å². The van der Waals surface area contributed by atoms with Gasteiger partial charge in [-0.15, -0.1) is 12.4 Å². The maximum Gasteiger partial charge on any atom is 0.116 e. The quantitative estimate of drug-likeness (QED) is 0.815. The highest BCUT2D eigenvalue weighted by Gasteiger charge is 2.33. The number of nitrogens with one attached hydrogen (secondary N) is 1. The average Bonchev–Trinajstić information content (AvgIpc) is 2.63. The van der Waals surface area contributed by atoms with E-state index in [2.05, 4.69) is 30.9 Å². The van der Waals surface area contributed by atoms with Crippen LogP contribution in [-0.4, -0.2) is 30.4 Å². The van der Waals surface area contributed by atoms with Crippen molar-refractivity contribution in [3.05, 3.63) is 0 Å². The van der Waals surface area contributed by atoms with Crippen molar-refractivity contribution < 1.29 is 4.74 Å². The summed E-state index contributed by atoms with van der Waals surface area (Å²) in [6.07, 6.45) is 2.56. The molecular formula is C11H22ClNOS. The van der Waals surface area contributed by atoms with Gasteiger partial charge >= 0.3 is 0 Å². The van der Waals surface area contributed by atoms with Crippen LogP contribution < -0.4 is 5.32 Å². The van der Waals surface area contributed by atoms with Crippen LogP contribution in [0.4, 0.5) is 0 Å². The first-order valence-electron chi connectivity index (χ1n) is 5.65. The van der Waals surface area contributed by atoms with Crippen molar-refractivity contribution >= 4 is 24.2 Å². The summed E-state index contributed by atoms with van der Waals surface area (Å²) in [6, 6.07) is 0. The largest absolute Gasteiger partial charge is 0.361 e. The van der Waals surface area contributed by atoms with Crippen LogP contribution >= 0.6 is 24.2 Å². The zero-order valence-electron chi connectivity index (χ0n) is 9.62. The Morgan fingerprint density at radius 1 is 1.53 bits per heavy atom. The monoisotopic (exact) mass is 251 g/mol. The number of rotatable bonds is 2. The molecule has 0 saturated carbocycles. The van der Waals surface area contributed by atoms with E-state index in [0.29, 0.717) is 5.92 Å². The van der Waals surface area contributed by atoms with Gasteiger partial charge in [0, 0.05) is 6.54 Å². The van der Waals surface area contributed by atoms with Gasteiger partial charge in [-0.25, -0.2) is 0 Å². The lowest BCUT2D eigenvalue weighted by Crippen LogP contribution is -2.53.